The average molecular weight is 541 g/mol. The van der Waals surface area contributed by atoms with Crippen LogP contribution in [0.15, 0.2) is 18.2 Å². The molecule has 0 amide bonds. The number of esters is 2. The van der Waals surface area contributed by atoms with Crippen LogP contribution in [0.1, 0.15) is 36.4 Å². The molecule has 0 bridgehead atoms. The first-order chi connectivity index (χ1) is 16.8. The Balaban J connectivity index is 1.56. The number of hydrogen-bond donors (Lipinski definition) is 1. The third-order valence-electron chi connectivity index (χ3n) is 5.85. The number of carbonyl (C=O) groups is 2. The van der Waals surface area contributed by atoms with Gasteiger partial charge in [0.25, 0.3) is 0 Å². The minimum absolute atomic E-state index is 0.125. The van der Waals surface area contributed by atoms with Gasteiger partial charge in [-0.15, -0.1) is 22.7 Å². The lowest BCUT2D eigenvalue weighted by Gasteiger charge is -2.31. The number of hydrogen-bond acceptors (Lipinski definition) is 10. The summed E-state index contributed by atoms with van der Waals surface area (Å²) in [6, 6.07) is 6.22. The van der Waals surface area contributed by atoms with Crippen molar-refractivity contribution < 1.29 is 32.2 Å². The molecular formula is C23H28N2O7S3. The van der Waals surface area contributed by atoms with E-state index in [0.717, 1.165) is 38.0 Å². The highest BCUT2D eigenvalue weighted by Crippen LogP contribution is 2.47. The van der Waals surface area contributed by atoms with Gasteiger partial charge in [-0.05, 0) is 38.8 Å². The van der Waals surface area contributed by atoms with E-state index in [1.165, 1.54) is 29.8 Å². The Morgan fingerprint density at radius 1 is 1.14 bits per heavy atom. The van der Waals surface area contributed by atoms with Crippen molar-refractivity contribution in [2.45, 2.75) is 32.7 Å². The first-order valence-electron chi connectivity index (χ1n) is 11.4. The van der Waals surface area contributed by atoms with Gasteiger partial charge in [-0.3, -0.25) is 0 Å². The van der Waals surface area contributed by atoms with Gasteiger partial charge in [-0.1, -0.05) is 6.07 Å². The molecule has 0 saturated carbocycles. The number of ether oxygens (including phenoxy) is 3. The van der Waals surface area contributed by atoms with E-state index in [1.807, 2.05) is 12.1 Å². The molecule has 1 fully saturated rings. The quantitative estimate of drug-likeness (QED) is 0.405. The third-order valence-corrected chi connectivity index (χ3v) is 10.2. The average Bonchev–Trinajstić information content (AvgIpc) is 3.38. The highest BCUT2D eigenvalue weighted by Gasteiger charge is 2.27. The van der Waals surface area contributed by atoms with E-state index in [9.17, 15) is 18.0 Å². The van der Waals surface area contributed by atoms with Gasteiger partial charge in [0.1, 0.15) is 0 Å². The van der Waals surface area contributed by atoms with Crippen LogP contribution in [-0.4, -0.2) is 69.9 Å². The van der Waals surface area contributed by atoms with E-state index in [4.69, 9.17) is 14.2 Å². The zero-order chi connectivity index (χ0) is 25.2. The molecule has 4 rings (SSSR count). The number of nitrogens with zero attached hydrogens (tertiary/aromatic N) is 1. The minimum Gasteiger partial charge on any atom is -0.479 e. The predicted octanol–water partition coefficient (Wildman–Crippen LogP) is 4.07. The SMILES string of the molecule is CCOC(=O)COc1c(C(=O)OC)sc2c1sc1cc(NC3CCN(S(=O)(=O)CC)CC3)ccc12. The van der Waals surface area contributed by atoms with Gasteiger partial charge in [-0.25, -0.2) is 22.3 Å². The lowest BCUT2D eigenvalue weighted by Crippen LogP contribution is -2.42. The van der Waals surface area contributed by atoms with E-state index >= 15 is 0 Å². The van der Waals surface area contributed by atoms with Crippen LogP contribution in [-0.2, 0) is 24.3 Å². The topological polar surface area (TPSA) is 111 Å². The highest BCUT2D eigenvalue weighted by atomic mass is 32.2. The number of sulfonamides is 1. The Morgan fingerprint density at radius 2 is 1.89 bits per heavy atom. The molecule has 1 aliphatic heterocycles. The zero-order valence-corrected chi connectivity index (χ0v) is 22.2. The second kappa shape index (κ2) is 10.7. The molecule has 0 aliphatic carbocycles. The highest BCUT2D eigenvalue weighted by molar-refractivity contribution is 7.89. The fourth-order valence-corrected chi connectivity index (χ4v) is 7.81. The summed E-state index contributed by atoms with van der Waals surface area (Å²) in [6.45, 7) is 4.37. The number of piperidine rings is 1. The lowest BCUT2D eigenvalue weighted by atomic mass is 10.1. The number of rotatable bonds is 9. The Bertz CT molecular complexity index is 1340. The maximum absolute atomic E-state index is 12.3. The zero-order valence-electron chi connectivity index (χ0n) is 19.8. The van der Waals surface area contributed by atoms with Gasteiger partial charge in [-0.2, -0.15) is 0 Å². The van der Waals surface area contributed by atoms with Gasteiger partial charge in [0.05, 0.1) is 28.9 Å². The Hall–Kier alpha value is -2.41. The number of benzene rings is 1. The minimum atomic E-state index is -3.15. The molecule has 190 valence electrons. The number of nitrogens with one attached hydrogen (secondary N) is 1. The number of thiophene rings is 2. The molecule has 0 unspecified atom stereocenters. The number of anilines is 1. The summed E-state index contributed by atoms with van der Waals surface area (Å²) in [5.74, 6) is -0.557. The summed E-state index contributed by atoms with van der Waals surface area (Å²) >= 11 is 2.76. The van der Waals surface area contributed by atoms with Crippen molar-refractivity contribution in [2.24, 2.45) is 0 Å². The molecule has 2 aromatic heterocycles. The molecule has 35 heavy (non-hydrogen) atoms. The summed E-state index contributed by atoms with van der Waals surface area (Å²) < 4.78 is 44.0. The standard InChI is InChI=1S/C23H28N2O7S3/c1-4-31-18(26)13-32-19-21-20(34-22(19)23(27)30-3)16-7-6-15(12-17(16)33-21)24-14-8-10-25(11-9-14)35(28,29)5-2/h6-7,12,14,24H,4-5,8-11,13H2,1-3H3. The summed E-state index contributed by atoms with van der Waals surface area (Å²) in [6.07, 6.45) is 1.48. The lowest BCUT2D eigenvalue weighted by molar-refractivity contribution is -0.145. The first-order valence-corrected chi connectivity index (χ1v) is 14.6. The van der Waals surface area contributed by atoms with Gasteiger partial charge < -0.3 is 19.5 Å². The summed E-state index contributed by atoms with van der Waals surface area (Å²) in [5.41, 5.74) is 0.949. The van der Waals surface area contributed by atoms with Gasteiger partial charge in [0.2, 0.25) is 10.0 Å². The van der Waals surface area contributed by atoms with Crippen molar-refractivity contribution in [3.05, 3.63) is 23.1 Å². The molecule has 3 aromatic rings. The van der Waals surface area contributed by atoms with Crippen molar-refractivity contribution in [3.63, 3.8) is 0 Å². The molecular weight excluding hydrogens is 512 g/mol. The Kier molecular flexibility index (Phi) is 7.84. The number of methoxy groups -OCH3 is 1. The predicted molar refractivity (Wildman–Crippen MR) is 138 cm³/mol. The molecule has 1 N–H and O–H groups in total. The second-order valence-corrected chi connectivity index (χ2v) is 12.4. The molecule has 0 spiro atoms. The number of fused-ring (bicyclic) bond motifs is 3. The molecule has 3 heterocycles. The normalized spacial score (nSPS) is 15.4. The molecule has 0 radical (unpaired) electrons. The van der Waals surface area contributed by atoms with E-state index in [-0.39, 0.29) is 25.0 Å². The number of carbonyl (C=O) groups excluding carboxylic acids is 2. The van der Waals surface area contributed by atoms with E-state index in [2.05, 4.69) is 11.4 Å². The molecule has 1 aromatic carbocycles. The van der Waals surface area contributed by atoms with Crippen molar-refractivity contribution in [2.75, 3.05) is 44.5 Å². The van der Waals surface area contributed by atoms with Crippen molar-refractivity contribution in [1.82, 2.24) is 4.31 Å². The van der Waals surface area contributed by atoms with E-state index in [0.29, 0.717) is 23.7 Å². The van der Waals surface area contributed by atoms with Crippen LogP contribution >= 0.6 is 22.7 Å². The van der Waals surface area contributed by atoms with Crippen LogP contribution in [0.25, 0.3) is 19.5 Å². The van der Waals surface area contributed by atoms with Crippen LogP contribution in [0, 0.1) is 0 Å². The van der Waals surface area contributed by atoms with Crippen molar-refractivity contribution in [3.8, 4) is 5.75 Å². The fourth-order valence-electron chi connectivity index (χ4n) is 4.05. The van der Waals surface area contributed by atoms with Crippen LogP contribution in [0.3, 0.4) is 0 Å². The van der Waals surface area contributed by atoms with Crippen LogP contribution in [0.5, 0.6) is 5.75 Å². The maximum Gasteiger partial charge on any atom is 0.351 e. The Morgan fingerprint density at radius 3 is 2.54 bits per heavy atom. The van der Waals surface area contributed by atoms with E-state index < -0.39 is 22.0 Å². The third kappa shape index (κ3) is 5.40. The van der Waals surface area contributed by atoms with Gasteiger partial charge in [0.15, 0.2) is 17.2 Å². The van der Waals surface area contributed by atoms with E-state index in [1.54, 1.807) is 18.2 Å². The molecule has 0 atom stereocenters. The van der Waals surface area contributed by atoms with Crippen molar-refractivity contribution >= 4 is 69.8 Å². The van der Waals surface area contributed by atoms with Crippen LogP contribution in [0.4, 0.5) is 5.69 Å². The van der Waals surface area contributed by atoms with Crippen LogP contribution in [0.2, 0.25) is 0 Å². The molecule has 9 nitrogen and oxygen atoms in total. The van der Waals surface area contributed by atoms with Gasteiger partial charge >= 0.3 is 11.9 Å². The Labute approximate surface area is 212 Å². The summed E-state index contributed by atoms with van der Waals surface area (Å²) in [4.78, 5) is 24.5. The summed E-state index contributed by atoms with van der Waals surface area (Å²) in [7, 11) is -1.84. The first kappa shape index (κ1) is 25.7. The largest absolute Gasteiger partial charge is 0.479 e. The molecule has 1 aliphatic rings. The van der Waals surface area contributed by atoms with Crippen molar-refractivity contribution in [1.29, 1.82) is 0 Å². The molecule has 1 saturated heterocycles. The monoisotopic (exact) mass is 540 g/mol. The summed E-state index contributed by atoms with van der Waals surface area (Å²) in [5, 5.41) is 4.52. The maximum atomic E-state index is 12.3. The second-order valence-electron chi connectivity index (χ2n) is 8.04. The fraction of sp³-hybridized carbons (Fsp3) is 0.478. The smallest absolute Gasteiger partial charge is 0.351 e. The molecule has 12 heteroatoms. The van der Waals surface area contributed by atoms with Gasteiger partial charge in [0, 0.05) is 34.9 Å². The van der Waals surface area contributed by atoms with Crippen LogP contribution < -0.4 is 10.1 Å².